The summed E-state index contributed by atoms with van der Waals surface area (Å²) in [6, 6.07) is 14.5. The molecular formula is C24H29N5O2. The van der Waals surface area contributed by atoms with Crippen LogP contribution in [0.1, 0.15) is 42.1 Å². The average molecular weight is 420 g/mol. The van der Waals surface area contributed by atoms with E-state index in [-0.39, 0.29) is 18.2 Å². The summed E-state index contributed by atoms with van der Waals surface area (Å²) in [5, 5.41) is 2.86. The first kappa shape index (κ1) is 22.2. The van der Waals surface area contributed by atoms with E-state index < -0.39 is 0 Å². The van der Waals surface area contributed by atoms with Gasteiger partial charge in [-0.2, -0.15) is 0 Å². The molecule has 1 aliphatic rings. The number of para-hydroxylation sites is 1. The Morgan fingerprint density at radius 3 is 2.61 bits per heavy atom. The van der Waals surface area contributed by atoms with Crippen LogP contribution in [-0.2, 0) is 4.79 Å². The van der Waals surface area contributed by atoms with Crippen LogP contribution >= 0.6 is 0 Å². The predicted molar refractivity (Wildman–Crippen MR) is 125 cm³/mol. The number of amidine groups is 1. The summed E-state index contributed by atoms with van der Waals surface area (Å²) in [6.45, 7) is 3.85. The zero-order valence-electron chi connectivity index (χ0n) is 17.8. The molecule has 2 amide bonds. The molecule has 0 radical (unpaired) electrons. The number of carbonyl (C=O) groups excluding carboxylic acids is 2. The summed E-state index contributed by atoms with van der Waals surface area (Å²) < 4.78 is 0. The highest BCUT2D eigenvalue weighted by Crippen LogP contribution is 2.28. The van der Waals surface area contributed by atoms with Gasteiger partial charge in [0.25, 0.3) is 5.91 Å². The lowest BCUT2D eigenvalue weighted by molar-refractivity contribution is -0.127. The van der Waals surface area contributed by atoms with Crippen LogP contribution in [0.3, 0.4) is 0 Å². The molecule has 1 heterocycles. The van der Waals surface area contributed by atoms with Gasteiger partial charge in [0.15, 0.2) is 0 Å². The van der Waals surface area contributed by atoms with E-state index in [2.05, 4.69) is 10.3 Å². The van der Waals surface area contributed by atoms with Gasteiger partial charge in [0.05, 0.1) is 5.69 Å². The van der Waals surface area contributed by atoms with Crippen molar-refractivity contribution in [3.63, 3.8) is 0 Å². The van der Waals surface area contributed by atoms with Crippen molar-refractivity contribution >= 4 is 35.1 Å². The van der Waals surface area contributed by atoms with Crippen molar-refractivity contribution in [2.75, 3.05) is 25.0 Å². The lowest BCUT2D eigenvalue weighted by Crippen LogP contribution is -2.35. The molecular weight excluding hydrogens is 390 g/mol. The number of benzene rings is 2. The Bertz CT molecular complexity index is 998. The van der Waals surface area contributed by atoms with Gasteiger partial charge >= 0.3 is 0 Å². The van der Waals surface area contributed by atoms with Gasteiger partial charge in [0.1, 0.15) is 5.84 Å². The molecule has 5 N–H and O–H groups in total. The number of nitrogens with one attached hydrogen (secondary N) is 1. The molecule has 2 aromatic rings. The molecule has 0 bridgehead atoms. The normalized spacial score (nSPS) is 12.8. The average Bonchev–Trinajstić information content (AvgIpc) is 2.94. The highest BCUT2D eigenvalue weighted by Gasteiger charge is 2.21. The van der Waals surface area contributed by atoms with Crippen LogP contribution in [0, 0.1) is 0 Å². The van der Waals surface area contributed by atoms with Crippen molar-refractivity contribution in [3.8, 4) is 0 Å². The Hall–Kier alpha value is -3.45. The Kier molecular flexibility index (Phi) is 7.56. The number of amides is 2. The summed E-state index contributed by atoms with van der Waals surface area (Å²) in [6.07, 6.45) is 3.70. The van der Waals surface area contributed by atoms with E-state index in [4.69, 9.17) is 11.5 Å². The maximum Gasteiger partial charge on any atom is 0.255 e. The van der Waals surface area contributed by atoms with Crippen LogP contribution in [0.15, 0.2) is 59.1 Å². The van der Waals surface area contributed by atoms with E-state index in [9.17, 15) is 9.59 Å². The first-order valence-electron chi connectivity index (χ1n) is 10.5. The summed E-state index contributed by atoms with van der Waals surface area (Å²) in [5.41, 5.74) is 14.9. The number of nitrogens with two attached hydrogens (primary N) is 2. The third kappa shape index (κ3) is 5.79. The molecule has 2 aromatic carbocycles. The minimum Gasteiger partial charge on any atom is -0.387 e. The lowest BCUT2D eigenvalue weighted by atomic mass is 10.0. The van der Waals surface area contributed by atoms with Gasteiger partial charge in [-0.15, -0.1) is 0 Å². The number of hydrogen-bond donors (Lipinski definition) is 3. The van der Waals surface area contributed by atoms with E-state index in [0.29, 0.717) is 48.0 Å². The highest BCUT2D eigenvalue weighted by atomic mass is 16.2. The fourth-order valence-corrected chi connectivity index (χ4v) is 3.46. The number of aliphatic imine (C=N–C) groups is 1. The second kappa shape index (κ2) is 10.5. The van der Waals surface area contributed by atoms with Crippen molar-refractivity contribution < 1.29 is 9.59 Å². The van der Waals surface area contributed by atoms with Crippen LogP contribution in [0.2, 0.25) is 0 Å². The molecule has 1 aliphatic heterocycles. The molecule has 0 spiro atoms. The van der Waals surface area contributed by atoms with Gasteiger partial charge in [-0.3, -0.25) is 9.59 Å². The quantitative estimate of drug-likeness (QED) is 0.609. The molecule has 3 rings (SSSR count). The van der Waals surface area contributed by atoms with Gasteiger partial charge in [-0.25, -0.2) is 4.99 Å². The number of anilines is 1. The van der Waals surface area contributed by atoms with Crippen LogP contribution in [0.5, 0.6) is 0 Å². The topological polar surface area (TPSA) is 114 Å². The zero-order valence-corrected chi connectivity index (χ0v) is 17.8. The monoisotopic (exact) mass is 419 g/mol. The molecule has 0 fully saturated rings. The smallest absolute Gasteiger partial charge is 0.255 e. The summed E-state index contributed by atoms with van der Waals surface area (Å²) in [7, 11) is 0. The van der Waals surface area contributed by atoms with E-state index in [1.165, 1.54) is 0 Å². The Morgan fingerprint density at radius 2 is 1.90 bits per heavy atom. The first-order chi connectivity index (χ1) is 15.0. The molecule has 0 aliphatic carbocycles. The van der Waals surface area contributed by atoms with Crippen LogP contribution in [0.25, 0.3) is 6.08 Å². The minimum absolute atomic E-state index is 0.0489. The molecule has 162 valence electrons. The minimum atomic E-state index is -0.233. The Labute approximate surface area is 182 Å². The number of fused-ring (bicyclic) bond motifs is 1. The van der Waals surface area contributed by atoms with E-state index in [0.717, 1.165) is 18.4 Å². The lowest BCUT2D eigenvalue weighted by Gasteiger charge is -2.23. The van der Waals surface area contributed by atoms with Crippen LogP contribution in [0.4, 0.5) is 11.4 Å². The van der Waals surface area contributed by atoms with E-state index in [1.54, 1.807) is 18.2 Å². The summed E-state index contributed by atoms with van der Waals surface area (Å²) in [5.74, 6) is 0.0599. The van der Waals surface area contributed by atoms with Crippen molar-refractivity contribution in [1.29, 1.82) is 0 Å². The molecule has 0 aromatic heterocycles. The van der Waals surface area contributed by atoms with Gasteiger partial charge in [0.2, 0.25) is 5.91 Å². The fourth-order valence-electron chi connectivity index (χ4n) is 3.46. The standard InChI is InChI=1S/C24H29N5O2/c1-2-12-29(13-6-11-25)24(31)19-14-17-9-10-18(15-21(17)28-22(26)16-19)23(30)27-20-7-4-3-5-8-20/h3-5,7-10,14-15H,2,6,11-13,16,25H2,1H3,(H2,26,28)(H,27,30). The number of hydrogen-bond acceptors (Lipinski definition) is 5. The molecule has 0 atom stereocenters. The van der Waals surface area contributed by atoms with Gasteiger partial charge in [-0.05, 0) is 49.7 Å². The molecule has 0 unspecified atom stereocenters. The van der Waals surface area contributed by atoms with Gasteiger partial charge in [-0.1, -0.05) is 31.2 Å². The van der Waals surface area contributed by atoms with E-state index in [1.807, 2.05) is 48.2 Å². The van der Waals surface area contributed by atoms with Crippen LogP contribution < -0.4 is 16.8 Å². The SMILES string of the molecule is CCCN(CCCN)C(=O)C1=Cc2ccc(C(=O)Nc3ccccc3)cc2N=C(N)C1. The Balaban J connectivity index is 1.86. The summed E-state index contributed by atoms with van der Waals surface area (Å²) >= 11 is 0. The number of nitrogens with zero attached hydrogens (tertiary/aromatic N) is 2. The van der Waals surface area contributed by atoms with Crippen molar-refractivity contribution in [3.05, 3.63) is 65.2 Å². The van der Waals surface area contributed by atoms with E-state index >= 15 is 0 Å². The van der Waals surface area contributed by atoms with Gasteiger partial charge < -0.3 is 21.7 Å². The first-order valence-corrected chi connectivity index (χ1v) is 10.5. The maximum absolute atomic E-state index is 13.1. The maximum atomic E-state index is 13.1. The number of carbonyl (C=O) groups is 2. The molecule has 31 heavy (non-hydrogen) atoms. The van der Waals surface area contributed by atoms with Gasteiger partial charge in [0, 0.05) is 41.9 Å². The number of rotatable bonds is 8. The zero-order chi connectivity index (χ0) is 22.2. The second-order valence-corrected chi connectivity index (χ2v) is 7.48. The third-order valence-electron chi connectivity index (χ3n) is 4.98. The summed E-state index contributed by atoms with van der Waals surface area (Å²) in [4.78, 5) is 32.0. The fraction of sp³-hybridized carbons (Fsp3) is 0.292. The molecule has 0 saturated heterocycles. The largest absolute Gasteiger partial charge is 0.387 e. The third-order valence-corrected chi connectivity index (χ3v) is 4.98. The van der Waals surface area contributed by atoms with Crippen molar-refractivity contribution in [1.82, 2.24) is 4.90 Å². The molecule has 7 heteroatoms. The Morgan fingerprint density at radius 1 is 1.13 bits per heavy atom. The molecule has 7 nitrogen and oxygen atoms in total. The van der Waals surface area contributed by atoms with Crippen molar-refractivity contribution in [2.24, 2.45) is 16.5 Å². The van der Waals surface area contributed by atoms with Crippen LogP contribution in [-0.4, -0.2) is 42.2 Å². The predicted octanol–water partition coefficient (Wildman–Crippen LogP) is 3.30. The van der Waals surface area contributed by atoms with Crippen molar-refractivity contribution in [2.45, 2.75) is 26.2 Å². The second-order valence-electron chi connectivity index (χ2n) is 7.48. The molecule has 0 saturated carbocycles. The highest BCUT2D eigenvalue weighted by molar-refractivity contribution is 6.07.